The predicted octanol–water partition coefficient (Wildman–Crippen LogP) is 1.69. The van der Waals surface area contributed by atoms with E-state index in [0.717, 1.165) is 6.08 Å². The van der Waals surface area contributed by atoms with E-state index in [1.807, 2.05) is 0 Å². The Bertz CT molecular complexity index is 388. The van der Waals surface area contributed by atoms with Crippen molar-refractivity contribution in [3.05, 3.63) is 41.7 Å². The van der Waals surface area contributed by atoms with Crippen LogP contribution in [-0.4, -0.2) is 12.6 Å². The van der Waals surface area contributed by atoms with Gasteiger partial charge in [0.25, 0.3) is 0 Å². The average molecular weight is 209 g/mol. The molecule has 0 amide bonds. The molecule has 4 heteroatoms. The summed E-state index contributed by atoms with van der Waals surface area (Å²) in [7, 11) is 0. The van der Waals surface area contributed by atoms with Crippen LogP contribution in [-0.2, 0) is 9.53 Å². The number of rotatable bonds is 3. The van der Waals surface area contributed by atoms with Crippen LogP contribution in [0, 0.1) is 5.82 Å². The molecule has 15 heavy (non-hydrogen) atoms. The zero-order chi connectivity index (χ0) is 11.3. The summed E-state index contributed by atoms with van der Waals surface area (Å²) >= 11 is 0. The smallest absolute Gasteiger partial charge is 0.332 e. The van der Waals surface area contributed by atoms with Crippen molar-refractivity contribution in [3.8, 4) is 0 Å². The van der Waals surface area contributed by atoms with Crippen LogP contribution in [0.4, 0.5) is 4.39 Å². The largest absolute Gasteiger partial charge is 0.463 e. The molecule has 0 spiro atoms. The van der Waals surface area contributed by atoms with Crippen LogP contribution < -0.4 is 5.73 Å². The molecule has 0 aliphatic heterocycles. The molecule has 0 atom stereocenters. The summed E-state index contributed by atoms with van der Waals surface area (Å²) in [4.78, 5) is 11.0. The van der Waals surface area contributed by atoms with E-state index in [-0.39, 0.29) is 17.9 Å². The number of esters is 1. The Kier molecular flexibility index (Phi) is 3.85. The number of carbonyl (C=O) groups is 1. The zero-order valence-corrected chi connectivity index (χ0v) is 8.37. The Morgan fingerprint density at radius 2 is 2.20 bits per heavy atom. The van der Waals surface area contributed by atoms with Crippen LogP contribution in [0.2, 0.25) is 0 Å². The molecule has 1 aromatic carbocycles. The van der Waals surface area contributed by atoms with Crippen molar-refractivity contribution >= 4 is 11.7 Å². The third-order valence-corrected chi connectivity index (χ3v) is 1.74. The van der Waals surface area contributed by atoms with Gasteiger partial charge >= 0.3 is 5.97 Å². The summed E-state index contributed by atoms with van der Waals surface area (Å²) in [5.74, 6) is -1.03. The monoisotopic (exact) mass is 209 g/mol. The highest BCUT2D eigenvalue weighted by molar-refractivity contribution is 5.90. The number of hydrogen-bond donors (Lipinski definition) is 1. The lowest BCUT2D eigenvalue weighted by molar-refractivity contribution is -0.137. The molecule has 80 valence electrons. The van der Waals surface area contributed by atoms with Crippen LogP contribution >= 0.6 is 0 Å². The Hall–Kier alpha value is -1.84. The molecule has 3 nitrogen and oxygen atoms in total. The summed E-state index contributed by atoms with van der Waals surface area (Å²) in [6.07, 6.45) is 1.07. The maximum absolute atomic E-state index is 13.2. The van der Waals surface area contributed by atoms with E-state index >= 15 is 0 Å². The maximum Gasteiger partial charge on any atom is 0.332 e. The minimum Gasteiger partial charge on any atom is -0.463 e. The molecule has 0 radical (unpaired) electrons. The van der Waals surface area contributed by atoms with Crippen LogP contribution in [0.15, 0.2) is 30.3 Å². The molecule has 0 aliphatic rings. The van der Waals surface area contributed by atoms with E-state index in [1.165, 1.54) is 12.1 Å². The summed E-state index contributed by atoms with van der Waals surface area (Å²) in [5.41, 5.74) is 5.81. The van der Waals surface area contributed by atoms with Gasteiger partial charge in [0.1, 0.15) is 5.82 Å². The molecule has 0 aromatic heterocycles. The lowest BCUT2D eigenvalue weighted by Gasteiger charge is -2.02. The highest BCUT2D eigenvalue weighted by atomic mass is 19.1. The lowest BCUT2D eigenvalue weighted by atomic mass is 10.1. The topological polar surface area (TPSA) is 52.3 Å². The number of ether oxygens (including phenoxy) is 1. The van der Waals surface area contributed by atoms with Crippen molar-refractivity contribution in [1.29, 1.82) is 0 Å². The number of hydrogen-bond acceptors (Lipinski definition) is 3. The van der Waals surface area contributed by atoms with Crippen LogP contribution in [0.1, 0.15) is 12.5 Å². The Morgan fingerprint density at radius 1 is 1.53 bits per heavy atom. The van der Waals surface area contributed by atoms with Gasteiger partial charge in [0, 0.05) is 17.3 Å². The van der Waals surface area contributed by atoms with Crippen LogP contribution in [0.5, 0.6) is 0 Å². The molecule has 0 saturated carbocycles. The van der Waals surface area contributed by atoms with Crippen molar-refractivity contribution in [1.82, 2.24) is 0 Å². The highest BCUT2D eigenvalue weighted by Gasteiger charge is 2.05. The van der Waals surface area contributed by atoms with Gasteiger partial charge in [0.15, 0.2) is 0 Å². The zero-order valence-electron chi connectivity index (χ0n) is 8.37. The fourth-order valence-electron chi connectivity index (χ4n) is 1.08. The second-order valence-corrected chi connectivity index (χ2v) is 2.83. The molecule has 0 heterocycles. The summed E-state index contributed by atoms with van der Waals surface area (Å²) in [6.45, 7) is 1.95. The molecule has 0 aliphatic carbocycles. The van der Waals surface area contributed by atoms with E-state index < -0.39 is 11.8 Å². The minimum atomic E-state index is -0.571. The molecular weight excluding hydrogens is 197 g/mol. The SMILES string of the molecule is CCOC(=O)C=C(N)c1ccccc1F. The van der Waals surface area contributed by atoms with Gasteiger partial charge in [-0.15, -0.1) is 0 Å². The normalized spacial score (nSPS) is 11.2. The number of halogens is 1. The van der Waals surface area contributed by atoms with Crippen molar-refractivity contribution < 1.29 is 13.9 Å². The molecular formula is C11H12FNO2. The van der Waals surface area contributed by atoms with E-state index in [9.17, 15) is 9.18 Å². The van der Waals surface area contributed by atoms with E-state index in [1.54, 1.807) is 19.1 Å². The molecule has 0 saturated heterocycles. The molecule has 0 fully saturated rings. The van der Waals surface area contributed by atoms with Gasteiger partial charge in [-0.2, -0.15) is 0 Å². The molecule has 1 rings (SSSR count). The van der Waals surface area contributed by atoms with Gasteiger partial charge in [-0.05, 0) is 19.1 Å². The van der Waals surface area contributed by atoms with Crippen LogP contribution in [0.3, 0.4) is 0 Å². The third-order valence-electron chi connectivity index (χ3n) is 1.74. The number of carbonyl (C=O) groups excluding carboxylic acids is 1. The number of benzene rings is 1. The first kappa shape index (κ1) is 11.2. The van der Waals surface area contributed by atoms with Gasteiger partial charge in [-0.3, -0.25) is 0 Å². The van der Waals surface area contributed by atoms with E-state index in [2.05, 4.69) is 4.74 Å². The lowest BCUT2D eigenvalue weighted by Crippen LogP contribution is -2.06. The number of nitrogens with two attached hydrogens (primary N) is 1. The van der Waals surface area contributed by atoms with Gasteiger partial charge in [-0.1, -0.05) is 12.1 Å². The van der Waals surface area contributed by atoms with E-state index in [4.69, 9.17) is 5.73 Å². The fraction of sp³-hybridized carbons (Fsp3) is 0.182. The fourth-order valence-corrected chi connectivity index (χ4v) is 1.08. The first-order valence-corrected chi connectivity index (χ1v) is 4.54. The third kappa shape index (κ3) is 3.09. The van der Waals surface area contributed by atoms with Crippen molar-refractivity contribution in [2.45, 2.75) is 6.92 Å². The Labute approximate surface area is 87.3 Å². The molecule has 0 unspecified atom stereocenters. The molecule has 1 aromatic rings. The van der Waals surface area contributed by atoms with Crippen molar-refractivity contribution in [3.63, 3.8) is 0 Å². The highest BCUT2D eigenvalue weighted by Crippen LogP contribution is 2.13. The molecule has 2 N–H and O–H groups in total. The van der Waals surface area contributed by atoms with Gasteiger partial charge < -0.3 is 10.5 Å². The Morgan fingerprint density at radius 3 is 2.80 bits per heavy atom. The quantitative estimate of drug-likeness (QED) is 0.608. The maximum atomic E-state index is 13.2. The van der Waals surface area contributed by atoms with Crippen molar-refractivity contribution in [2.24, 2.45) is 5.73 Å². The standard InChI is InChI=1S/C11H12FNO2/c1-2-15-11(14)7-10(13)8-5-3-4-6-9(8)12/h3-7H,2,13H2,1H3. The van der Waals surface area contributed by atoms with Gasteiger partial charge in [0.2, 0.25) is 0 Å². The Balaban J connectivity index is 2.89. The van der Waals surface area contributed by atoms with E-state index in [0.29, 0.717) is 0 Å². The predicted molar refractivity (Wildman–Crippen MR) is 55.2 cm³/mol. The first-order valence-electron chi connectivity index (χ1n) is 4.54. The van der Waals surface area contributed by atoms with Gasteiger partial charge in [0.05, 0.1) is 6.61 Å². The summed E-state index contributed by atoms with van der Waals surface area (Å²) < 4.78 is 17.9. The van der Waals surface area contributed by atoms with Crippen molar-refractivity contribution in [2.75, 3.05) is 6.61 Å². The van der Waals surface area contributed by atoms with Crippen LogP contribution in [0.25, 0.3) is 5.70 Å². The summed E-state index contributed by atoms with van der Waals surface area (Å²) in [6, 6.07) is 5.97. The summed E-state index contributed by atoms with van der Waals surface area (Å²) in [5, 5.41) is 0. The second-order valence-electron chi connectivity index (χ2n) is 2.83. The second kappa shape index (κ2) is 5.14. The minimum absolute atomic E-state index is 0.0616. The molecule has 0 bridgehead atoms. The average Bonchev–Trinajstić information content (AvgIpc) is 2.18. The first-order chi connectivity index (χ1) is 7.15. The van der Waals surface area contributed by atoms with Gasteiger partial charge in [-0.25, -0.2) is 9.18 Å².